The molecule has 0 unspecified atom stereocenters. The Kier molecular flexibility index (Phi) is 6.60. The van der Waals surface area contributed by atoms with Gasteiger partial charge in [0.15, 0.2) is 0 Å². The van der Waals surface area contributed by atoms with Crippen LogP contribution in [0.5, 0.6) is 0 Å². The summed E-state index contributed by atoms with van der Waals surface area (Å²) in [6, 6.07) is 8.98. The van der Waals surface area contributed by atoms with Crippen molar-refractivity contribution in [3.05, 3.63) is 35.4 Å². The fourth-order valence-electron chi connectivity index (χ4n) is 1.62. The number of nitrogens with zero attached hydrogens (tertiary/aromatic N) is 2. The van der Waals surface area contributed by atoms with Crippen molar-refractivity contribution in [1.82, 2.24) is 4.90 Å². The van der Waals surface area contributed by atoms with Gasteiger partial charge in [0.2, 0.25) is 5.91 Å². The molecule has 0 fully saturated rings. The summed E-state index contributed by atoms with van der Waals surface area (Å²) < 4.78 is 28.3. The number of amides is 1. The van der Waals surface area contributed by atoms with E-state index in [0.717, 1.165) is 5.56 Å². The van der Waals surface area contributed by atoms with Crippen LogP contribution < -0.4 is 0 Å². The van der Waals surface area contributed by atoms with Crippen molar-refractivity contribution in [2.45, 2.75) is 19.4 Å². The van der Waals surface area contributed by atoms with Gasteiger partial charge < -0.3 is 9.64 Å². The fraction of sp³-hybridized carbons (Fsp3) is 0.429. The van der Waals surface area contributed by atoms with Crippen molar-refractivity contribution in [2.75, 3.05) is 20.3 Å². The van der Waals surface area contributed by atoms with Gasteiger partial charge in [-0.15, -0.1) is 0 Å². The number of benzene rings is 1. The molecule has 0 spiro atoms. The third-order valence-electron chi connectivity index (χ3n) is 2.61. The van der Waals surface area contributed by atoms with E-state index in [-0.39, 0.29) is 18.9 Å². The Morgan fingerprint density at radius 1 is 1.50 bits per heavy atom. The monoisotopic (exact) mass is 282 g/mol. The average molecular weight is 282 g/mol. The molecule has 4 nitrogen and oxygen atoms in total. The van der Waals surface area contributed by atoms with Gasteiger partial charge in [0, 0.05) is 13.6 Å². The van der Waals surface area contributed by atoms with Crippen LogP contribution in [0.2, 0.25) is 0 Å². The van der Waals surface area contributed by atoms with E-state index in [4.69, 9.17) is 5.26 Å². The van der Waals surface area contributed by atoms with Crippen LogP contribution in [0.1, 0.15) is 17.5 Å². The van der Waals surface area contributed by atoms with Crippen molar-refractivity contribution in [2.24, 2.45) is 0 Å². The third kappa shape index (κ3) is 5.76. The summed E-state index contributed by atoms with van der Waals surface area (Å²) >= 11 is 0. The van der Waals surface area contributed by atoms with Crippen molar-refractivity contribution in [3.8, 4) is 6.07 Å². The molecule has 0 aromatic heterocycles. The number of nitriles is 1. The van der Waals surface area contributed by atoms with Crippen molar-refractivity contribution >= 4 is 5.91 Å². The second kappa shape index (κ2) is 8.23. The van der Waals surface area contributed by atoms with Crippen molar-refractivity contribution in [3.63, 3.8) is 0 Å². The first-order chi connectivity index (χ1) is 9.52. The average Bonchev–Trinajstić information content (AvgIpc) is 2.43. The van der Waals surface area contributed by atoms with E-state index < -0.39 is 13.0 Å². The van der Waals surface area contributed by atoms with Crippen LogP contribution in [-0.2, 0) is 16.1 Å². The minimum Gasteiger partial charge on any atom is -0.375 e. The summed E-state index contributed by atoms with van der Waals surface area (Å²) in [5.41, 5.74) is 1.37. The van der Waals surface area contributed by atoms with Gasteiger partial charge in [-0.25, -0.2) is 8.78 Å². The minimum absolute atomic E-state index is 0.0221. The van der Waals surface area contributed by atoms with Crippen LogP contribution in [0.3, 0.4) is 0 Å². The Hall–Kier alpha value is -2.00. The second-order valence-electron chi connectivity index (χ2n) is 4.28. The number of alkyl halides is 2. The predicted molar refractivity (Wildman–Crippen MR) is 69.1 cm³/mol. The molecular formula is C14H16F2N2O2. The first-order valence-corrected chi connectivity index (χ1v) is 6.12. The maximum atomic E-state index is 11.8. The molecule has 1 aromatic rings. The maximum Gasteiger partial charge on any atom is 0.261 e. The molecule has 0 radical (unpaired) electrons. The predicted octanol–water partition coefficient (Wildman–Crippen LogP) is 2.19. The van der Waals surface area contributed by atoms with Crippen molar-refractivity contribution in [1.29, 1.82) is 5.26 Å². The highest BCUT2D eigenvalue weighted by atomic mass is 19.3. The number of ether oxygens (including phenoxy) is 1. The summed E-state index contributed by atoms with van der Waals surface area (Å²) in [4.78, 5) is 13.2. The highest BCUT2D eigenvalue weighted by Crippen LogP contribution is 2.07. The Bertz CT molecular complexity index is 486. The van der Waals surface area contributed by atoms with Crippen molar-refractivity contribution < 1.29 is 18.3 Å². The van der Waals surface area contributed by atoms with E-state index in [1.54, 1.807) is 25.2 Å². The Morgan fingerprint density at radius 3 is 2.90 bits per heavy atom. The van der Waals surface area contributed by atoms with Crippen LogP contribution in [0.25, 0.3) is 0 Å². The largest absolute Gasteiger partial charge is 0.375 e. The highest BCUT2D eigenvalue weighted by molar-refractivity contribution is 5.75. The fourth-order valence-corrected chi connectivity index (χ4v) is 1.62. The van der Waals surface area contributed by atoms with Crippen LogP contribution in [0.4, 0.5) is 8.78 Å². The molecular weight excluding hydrogens is 266 g/mol. The number of carbonyl (C=O) groups excluding carboxylic acids is 1. The first-order valence-electron chi connectivity index (χ1n) is 6.12. The van der Waals surface area contributed by atoms with Gasteiger partial charge in [-0.3, -0.25) is 4.79 Å². The number of rotatable bonds is 7. The lowest BCUT2D eigenvalue weighted by Gasteiger charge is -2.17. The molecule has 0 N–H and O–H groups in total. The van der Waals surface area contributed by atoms with E-state index in [1.165, 1.54) is 4.90 Å². The number of carbonyl (C=O) groups is 1. The lowest BCUT2D eigenvalue weighted by atomic mass is 10.1. The van der Waals surface area contributed by atoms with E-state index in [0.29, 0.717) is 12.1 Å². The zero-order valence-electron chi connectivity index (χ0n) is 11.2. The quantitative estimate of drug-likeness (QED) is 0.720. The smallest absolute Gasteiger partial charge is 0.261 e. The Labute approximate surface area is 116 Å². The highest BCUT2D eigenvalue weighted by Gasteiger charge is 2.10. The maximum absolute atomic E-state index is 11.8. The standard InChI is InChI=1S/C14H16F2N2O2/c1-18(14(19)5-6-20-10-13(15)16)9-12-4-2-3-11(7-12)8-17/h2-4,7,13H,5-6,9-10H2,1H3. The molecule has 0 aliphatic heterocycles. The van der Waals surface area contributed by atoms with E-state index in [1.807, 2.05) is 12.1 Å². The Balaban J connectivity index is 2.39. The van der Waals surface area contributed by atoms with Crippen LogP contribution >= 0.6 is 0 Å². The SMILES string of the molecule is CN(Cc1cccc(C#N)c1)C(=O)CCOCC(F)F. The van der Waals surface area contributed by atoms with E-state index >= 15 is 0 Å². The molecule has 0 aliphatic carbocycles. The van der Waals surface area contributed by atoms with Gasteiger partial charge in [-0.05, 0) is 17.7 Å². The molecule has 0 saturated carbocycles. The van der Waals surface area contributed by atoms with Crippen LogP contribution in [0, 0.1) is 11.3 Å². The summed E-state index contributed by atoms with van der Waals surface area (Å²) in [5, 5.41) is 8.79. The molecule has 0 bridgehead atoms. The van der Waals surface area contributed by atoms with Gasteiger partial charge in [-0.1, -0.05) is 12.1 Å². The van der Waals surface area contributed by atoms with Crippen LogP contribution in [-0.4, -0.2) is 37.5 Å². The van der Waals surface area contributed by atoms with Gasteiger partial charge in [0.1, 0.15) is 6.61 Å². The molecule has 0 heterocycles. The van der Waals surface area contributed by atoms with Gasteiger partial charge >= 0.3 is 0 Å². The molecule has 1 rings (SSSR count). The molecule has 1 amide bonds. The number of halogens is 2. The molecule has 20 heavy (non-hydrogen) atoms. The Morgan fingerprint density at radius 2 is 2.25 bits per heavy atom. The lowest BCUT2D eigenvalue weighted by Crippen LogP contribution is -2.27. The van der Waals surface area contributed by atoms with Gasteiger partial charge in [0.05, 0.1) is 24.7 Å². The normalized spacial score (nSPS) is 10.3. The number of hydrogen-bond donors (Lipinski definition) is 0. The summed E-state index contributed by atoms with van der Waals surface area (Å²) in [7, 11) is 1.62. The minimum atomic E-state index is -2.52. The summed E-state index contributed by atoms with van der Waals surface area (Å²) in [6.07, 6.45) is -2.46. The summed E-state index contributed by atoms with van der Waals surface area (Å²) in [6.45, 7) is -0.309. The zero-order valence-corrected chi connectivity index (χ0v) is 11.2. The molecule has 0 aliphatic rings. The molecule has 0 atom stereocenters. The topological polar surface area (TPSA) is 53.3 Å². The van der Waals surface area contributed by atoms with Gasteiger partial charge in [0.25, 0.3) is 6.43 Å². The third-order valence-corrected chi connectivity index (χ3v) is 2.61. The molecule has 108 valence electrons. The first kappa shape index (κ1) is 16.1. The van der Waals surface area contributed by atoms with Crippen LogP contribution in [0.15, 0.2) is 24.3 Å². The zero-order chi connectivity index (χ0) is 15.0. The molecule has 6 heteroatoms. The van der Waals surface area contributed by atoms with Gasteiger partial charge in [-0.2, -0.15) is 5.26 Å². The molecule has 0 saturated heterocycles. The van der Waals surface area contributed by atoms with E-state index in [2.05, 4.69) is 4.74 Å². The second-order valence-corrected chi connectivity index (χ2v) is 4.28. The number of hydrogen-bond acceptors (Lipinski definition) is 3. The molecule has 1 aromatic carbocycles. The van der Waals surface area contributed by atoms with E-state index in [9.17, 15) is 13.6 Å². The lowest BCUT2D eigenvalue weighted by molar-refractivity contribution is -0.132. The summed E-state index contributed by atoms with van der Waals surface area (Å²) in [5.74, 6) is -0.193.